The maximum atomic E-state index is 11.8. The van der Waals surface area contributed by atoms with E-state index in [4.69, 9.17) is 4.42 Å². The molecule has 0 N–H and O–H groups in total. The Morgan fingerprint density at radius 1 is 1.57 bits per heavy atom. The fourth-order valence-corrected chi connectivity index (χ4v) is 2.90. The van der Waals surface area contributed by atoms with Crippen molar-refractivity contribution >= 4 is 33.0 Å². The maximum Gasteiger partial charge on any atom is 0.229 e. The van der Waals surface area contributed by atoms with E-state index in [0.717, 1.165) is 8.66 Å². The lowest BCUT2D eigenvalue weighted by Gasteiger charge is -1.94. The molecule has 0 aliphatic rings. The van der Waals surface area contributed by atoms with Crippen LogP contribution in [0.2, 0.25) is 0 Å². The summed E-state index contributed by atoms with van der Waals surface area (Å²) in [6.45, 7) is 1.92. The summed E-state index contributed by atoms with van der Waals surface area (Å²) in [5.41, 5.74) is 0.705. The zero-order valence-electron chi connectivity index (χ0n) is 7.41. The van der Waals surface area contributed by atoms with Crippen molar-refractivity contribution in [2.75, 3.05) is 0 Å². The summed E-state index contributed by atoms with van der Waals surface area (Å²) in [6, 6.07) is 5.21. The molecule has 0 atom stereocenters. The molecule has 0 amide bonds. The van der Waals surface area contributed by atoms with E-state index in [1.54, 1.807) is 23.5 Å². The standard InChI is InChI=1S/C10H7BrO2S/c1-6-7(5-9(11)14-6)10(12)8-3-2-4-13-8/h2-5H,1H3. The molecular formula is C10H7BrO2S. The van der Waals surface area contributed by atoms with Crippen LogP contribution in [0.4, 0.5) is 0 Å². The van der Waals surface area contributed by atoms with E-state index in [0.29, 0.717) is 11.3 Å². The highest BCUT2D eigenvalue weighted by atomic mass is 79.9. The Morgan fingerprint density at radius 2 is 2.36 bits per heavy atom. The molecule has 0 saturated heterocycles. The molecule has 0 aliphatic heterocycles. The van der Waals surface area contributed by atoms with Crippen molar-refractivity contribution in [3.8, 4) is 0 Å². The summed E-state index contributed by atoms with van der Waals surface area (Å²) in [5.74, 6) is 0.327. The summed E-state index contributed by atoms with van der Waals surface area (Å²) >= 11 is 4.90. The van der Waals surface area contributed by atoms with Gasteiger partial charge in [-0.1, -0.05) is 0 Å². The van der Waals surface area contributed by atoms with Gasteiger partial charge in [-0.2, -0.15) is 0 Å². The topological polar surface area (TPSA) is 30.2 Å². The highest BCUT2D eigenvalue weighted by Crippen LogP contribution is 2.28. The molecule has 0 aliphatic carbocycles. The summed E-state index contributed by atoms with van der Waals surface area (Å²) < 4.78 is 6.02. The van der Waals surface area contributed by atoms with Gasteiger partial charge in [0.2, 0.25) is 5.78 Å². The second-order valence-corrected chi connectivity index (χ2v) is 5.46. The number of thiophene rings is 1. The average Bonchev–Trinajstić information content (AvgIpc) is 2.73. The number of rotatable bonds is 2. The van der Waals surface area contributed by atoms with Gasteiger partial charge in [0, 0.05) is 10.4 Å². The van der Waals surface area contributed by atoms with Gasteiger partial charge in [-0.05, 0) is 41.1 Å². The van der Waals surface area contributed by atoms with Crippen LogP contribution in [0.15, 0.2) is 32.7 Å². The van der Waals surface area contributed by atoms with E-state index >= 15 is 0 Å². The van der Waals surface area contributed by atoms with Crippen molar-refractivity contribution in [3.05, 3.63) is 44.4 Å². The van der Waals surface area contributed by atoms with Gasteiger partial charge in [0.05, 0.1) is 10.0 Å². The van der Waals surface area contributed by atoms with Crippen LogP contribution in [-0.4, -0.2) is 5.78 Å². The largest absolute Gasteiger partial charge is 0.461 e. The predicted molar refractivity (Wildman–Crippen MR) is 58.9 cm³/mol. The van der Waals surface area contributed by atoms with Crippen molar-refractivity contribution in [1.82, 2.24) is 0 Å². The Kier molecular flexibility index (Phi) is 2.56. The van der Waals surface area contributed by atoms with Crippen LogP contribution in [0, 0.1) is 6.92 Å². The first kappa shape index (κ1) is 9.68. The van der Waals surface area contributed by atoms with Crippen molar-refractivity contribution in [1.29, 1.82) is 0 Å². The van der Waals surface area contributed by atoms with Crippen LogP contribution in [0.3, 0.4) is 0 Å². The van der Waals surface area contributed by atoms with Gasteiger partial charge in [-0.25, -0.2) is 0 Å². The van der Waals surface area contributed by atoms with E-state index in [2.05, 4.69) is 15.9 Å². The summed E-state index contributed by atoms with van der Waals surface area (Å²) in [4.78, 5) is 12.8. The molecule has 0 spiro atoms. The summed E-state index contributed by atoms with van der Waals surface area (Å²) in [5, 5.41) is 0. The Hall–Kier alpha value is -0.870. The normalized spacial score (nSPS) is 10.4. The van der Waals surface area contributed by atoms with Crippen LogP contribution < -0.4 is 0 Å². The fourth-order valence-electron chi connectivity index (χ4n) is 1.21. The van der Waals surface area contributed by atoms with Gasteiger partial charge in [0.15, 0.2) is 5.76 Å². The van der Waals surface area contributed by atoms with Crippen molar-refractivity contribution in [2.45, 2.75) is 6.92 Å². The minimum absolute atomic E-state index is 0.0607. The van der Waals surface area contributed by atoms with Crippen molar-refractivity contribution in [3.63, 3.8) is 0 Å². The summed E-state index contributed by atoms with van der Waals surface area (Å²) in [6.07, 6.45) is 1.50. The number of halogens is 1. The SMILES string of the molecule is Cc1sc(Br)cc1C(=O)c1ccco1. The third-order valence-electron chi connectivity index (χ3n) is 1.88. The average molecular weight is 271 g/mol. The lowest BCUT2D eigenvalue weighted by Crippen LogP contribution is -1.98. The Bertz CT molecular complexity index is 456. The molecule has 2 aromatic heterocycles. The fraction of sp³-hybridized carbons (Fsp3) is 0.100. The number of furan rings is 1. The molecule has 0 fully saturated rings. The van der Waals surface area contributed by atoms with Crippen LogP contribution >= 0.6 is 27.3 Å². The number of ketones is 1. The molecule has 14 heavy (non-hydrogen) atoms. The lowest BCUT2D eigenvalue weighted by molar-refractivity contribution is 0.101. The van der Waals surface area contributed by atoms with Crippen LogP contribution in [0.5, 0.6) is 0 Å². The third kappa shape index (κ3) is 1.67. The highest BCUT2D eigenvalue weighted by molar-refractivity contribution is 9.11. The van der Waals surface area contributed by atoms with E-state index < -0.39 is 0 Å². The van der Waals surface area contributed by atoms with Gasteiger partial charge in [-0.15, -0.1) is 11.3 Å². The molecule has 0 radical (unpaired) electrons. The molecule has 72 valence electrons. The van der Waals surface area contributed by atoms with E-state index in [-0.39, 0.29) is 5.78 Å². The lowest BCUT2D eigenvalue weighted by atomic mass is 10.1. The number of hydrogen-bond acceptors (Lipinski definition) is 3. The van der Waals surface area contributed by atoms with Crippen LogP contribution in [-0.2, 0) is 0 Å². The van der Waals surface area contributed by atoms with Crippen molar-refractivity contribution < 1.29 is 9.21 Å². The Morgan fingerprint density at radius 3 is 2.86 bits per heavy atom. The monoisotopic (exact) mass is 270 g/mol. The zero-order valence-corrected chi connectivity index (χ0v) is 9.81. The minimum atomic E-state index is -0.0607. The minimum Gasteiger partial charge on any atom is -0.461 e. The number of carbonyl (C=O) groups excluding carboxylic acids is 1. The number of aryl methyl sites for hydroxylation is 1. The molecule has 0 bridgehead atoms. The zero-order chi connectivity index (χ0) is 10.1. The first-order valence-corrected chi connectivity index (χ1v) is 5.63. The maximum absolute atomic E-state index is 11.8. The van der Waals surface area contributed by atoms with Crippen LogP contribution in [0.25, 0.3) is 0 Å². The van der Waals surface area contributed by atoms with E-state index in [1.165, 1.54) is 6.26 Å². The van der Waals surface area contributed by atoms with Gasteiger partial charge < -0.3 is 4.42 Å². The molecule has 2 aromatic rings. The van der Waals surface area contributed by atoms with E-state index in [9.17, 15) is 4.79 Å². The molecule has 0 unspecified atom stereocenters. The molecule has 4 heteroatoms. The van der Waals surface area contributed by atoms with Crippen LogP contribution in [0.1, 0.15) is 21.0 Å². The van der Waals surface area contributed by atoms with Gasteiger partial charge in [0.25, 0.3) is 0 Å². The second-order valence-electron chi connectivity index (χ2n) is 2.83. The molecule has 2 heterocycles. The summed E-state index contributed by atoms with van der Waals surface area (Å²) in [7, 11) is 0. The van der Waals surface area contributed by atoms with Crippen molar-refractivity contribution in [2.24, 2.45) is 0 Å². The number of carbonyl (C=O) groups is 1. The molecular weight excluding hydrogens is 264 g/mol. The molecule has 2 rings (SSSR count). The number of hydrogen-bond donors (Lipinski definition) is 0. The quantitative estimate of drug-likeness (QED) is 0.780. The van der Waals surface area contributed by atoms with E-state index in [1.807, 2.05) is 13.0 Å². The smallest absolute Gasteiger partial charge is 0.229 e. The highest BCUT2D eigenvalue weighted by Gasteiger charge is 2.16. The van der Waals surface area contributed by atoms with Gasteiger partial charge in [0.1, 0.15) is 0 Å². The molecule has 0 aromatic carbocycles. The van der Waals surface area contributed by atoms with Gasteiger partial charge >= 0.3 is 0 Å². The molecule has 2 nitrogen and oxygen atoms in total. The van der Waals surface area contributed by atoms with Gasteiger partial charge in [-0.3, -0.25) is 4.79 Å². The first-order valence-electron chi connectivity index (χ1n) is 4.02. The Balaban J connectivity index is 2.41. The first-order chi connectivity index (χ1) is 6.68. The third-order valence-corrected chi connectivity index (χ3v) is 3.43. The Labute approximate surface area is 93.7 Å². The second kappa shape index (κ2) is 3.71. The molecule has 0 saturated carbocycles. The predicted octanol–water partition coefficient (Wildman–Crippen LogP) is 3.64.